The van der Waals surface area contributed by atoms with Crippen LogP contribution in [0.25, 0.3) is 0 Å². The topological polar surface area (TPSA) is 64.4 Å². The molecule has 0 atom stereocenters. The van der Waals surface area contributed by atoms with E-state index in [1.54, 1.807) is 6.92 Å². The van der Waals surface area contributed by atoms with Crippen molar-refractivity contribution >= 4 is 11.6 Å². The van der Waals surface area contributed by atoms with Gasteiger partial charge in [-0.25, -0.2) is 0 Å². The lowest BCUT2D eigenvalue weighted by Crippen LogP contribution is -2.15. The van der Waals surface area contributed by atoms with E-state index in [1.807, 2.05) is 56.3 Å². The zero-order chi connectivity index (χ0) is 17.8. The molecule has 0 bridgehead atoms. The second-order valence-corrected chi connectivity index (χ2v) is 6.00. The molecular weight excluding hydrogens is 316 g/mol. The van der Waals surface area contributed by atoms with Crippen LogP contribution in [-0.2, 0) is 6.61 Å². The Bertz CT molecular complexity index is 865. The number of ether oxygens (including phenoxy) is 1. The summed E-state index contributed by atoms with van der Waals surface area (Å²) < 4.78 is 10.9. The highest BCUT2D eigenvalue weighted by Crippen LogP contribution is 2.20. The molecule has 2 aromatic carbocycles. The van der Waals surface area contributed by atoms with Gasteiger partial charge >= 0.3 is 0 Å². The van der Waals surface area contributed by atoms with Crippen LogP contribution in [0.15, 0.2) is 53.1 Å². The first-order chi connectivity index (χ1) is 12.0. The molecule has 5 nitrogen and oxygen atoms in total. The third-order valence-electron chi connectivity index (χ3n) is 3.81. The van der Waals surface area contributed by atoms with Gasteiger partial charge in [-0.2, -0.15) is 0 Å². The van der Waals surface area contributed by atoms with E-state index in [1.165, 1.54) is 0 Å². The minimum atomic E-state index is -0.312. The molecule has 1 N–H and O–H groups in total. The molecule has 0 unspecified atom stereocenters. The van der Waals surface area contributed by atoms with Crippen LogP contribution in [0.2, 0.25) is 0 Å². The number of aromatic nitrogens is 1. The van der Waals surface area contributed by atoms with E-state index in [-0.39, 0.29) is 18.2 Å². The molecule has 0 aliphatic rings. The molecular formula is C20H20N2O3. The van der Waals surface area contributed by atoms with Crippen LogP contribution in [0.1, 0.15) is 32.9 Å². The van der Waals surface area contributed by atoms with Crippen molar-refractivity contribution in [2.24, 2.45) is 0 Å². The Labute approximate surface area is 146 Å². The summed E-state index contributed by atoms with van der Waals surface area (Å²) in [5.41, 5.74) is 3.79. The number of hydrogen-bond acceptors (Lipinski definition) is 4. The molecule has 128 valence electrons. The van der Waals surface area contributed by atoms with Crippen molar-refractivity contribution in [1.29, 1.82) is 0 Å². The first kappa shape index (κ1) is 16.8. The number of hydrogen-bond donors (Lipinski definition) is 1. The smallest absolute Gasteiger partial charge is 0.278 e. The lowest BCUT2D eigenvalue weighted by atomic mass is 10.1. The first-order valence-corrected chi connectivity index (χ1v) is 8.05. The fraction of sp³-hybridized carbons (Fsp3) is 0.200. The minimum absolute atomic E-state index is 0.217. The number of benzene rings is 2. The van der Waals surface area contributed by atoms with Crippen LogP contribution in [0.4, 0.5) is 5.69 Å². The number of para-hydroxylation sites is 1. The Morgan fingerprint density at radius 3 is 2.44 bits per heavy atom. The van der Waals surface area contributed by atoms with Crippen LogP contribution in [-0.4, -0.2) is 11.1 Å². The summed E-state index contributed by atoms with van der Waals surface area (Å²) in [6.45, 7) is 5.96. The van der Waals surface area contributed by atoms with Gasteiger partial charge < -0.3 is 14.6 Å². The highest BCUT2D eigenvalue weighted by atomic mass is 16.5. The fourth-order valence-electron chi connectivity index (χ4n) is 2.65. The van der Waals surface area contributed by atoms with Crippen molar-refractivity contribution in [3.63, 3.8) is 0 Å². The monoisotopic (exact) mass is 336 g/mol. The molecule has 0 aliphatic carbocycles. The molecule has 0 radical (unpaired) electrons. The van der Waals surface area contributed by atoms with Gasteiger partial charge in [0, 0.05) is 5.69 Å². The molecule has 0 saturated heterocycles. The Morgan fingerprint density at radius 1 is 1.08 bits per heavy atom. The number of aryl methyl sites for hydroxylation is 3. The zero-order valence-corrected chi connectivity index (χ0v) is 14.5. The predicted octanol–water partition coefficient (Wildman–Crippen LogP) is 4.43. The molecule has 1 amide bonds. The third-order valence-corrected chi connectivity index (χ3v) is 3.81. The van der Waals surface area contributed by atoms with Gasteiger partial charge in [-0.05, 0) is 56.2 Å². The van der Waals surface area contributed by atoms with Gasteiger partial charge in [0.1, 0.15) is 18.1 Å². The molecule has 0 aliphatic heterocycles. The molecule has 1 heterocycles. The standard InChI is InChI=1S/C20H20N2O3/c1-13-9-14(2)11-16(10-13)21-20(23)19-18(15(3)25-22-19)12-24-17-7-5-4-6-8-17/h4-11H,12H2,1-3H3,(H,21,23). The maximum atomic E-state index is 12.6. The number of rotatable bonds is 5. The molecule has 3 rings (SSSR count). The van der Waals surface area contributed by atoms with Crippen LogP contribution in [0.3, 0.4) is 0 Å². The molecule has 0 fully saturated rings. The van der Waals surface area contributed by atoms with Gasteiger partial charge in [0.15, 0.2) is 5.69 Å². The third kappa shape index (κ3) is 4.07. The largest absolute Gasteiger partial charge is 0.489 e. The van der Waals surface area contributed by atoms with Gasteiger partial charge in [0.25, 0.3) is 5.91 Å². The highest BCUT2D eigenvalue weighted by Gasteiger charge is 2.20. The molecule has 0 saturated carbocycles. The van der Waals surface area contributed by atoms with E-state index in [4.69, 9.17) is 9.26 Å². The van der Waals surface area contributed by atoms with E-state index in [2.05, 4.69) is 16.5 Å². The normalized spacial score (nSPS) is 10.5. The van der Waals surface area contributed by atoms with Gasteiger partial charge in [0.2, 0.25) is 0 Å². The second-order valence-electron chi connectivity index (χ2n) is 6.00. The zero-order valence-electron chi connectivity index (χ0n) is 14.5. The van der Waals surface area contributed by atoms with Gasteiger partial charge in [-0.15, -0.1) is 0 Å². The minimum Gasteiger partial charge on any atom is -0.489 e. The number of amides is 1. The van der Waals surface area contributed by atoms with Gasteiger partial charge in [-0.1, -0.05) is 29.4 Å². The van der Waals surface area contributed by atoms with Crippen molar-refractivity contribution in [3.8, 4) is 5.75 Å². The predicted molar refractivity (Wildman–Crippen MR) is 95.9 cm³/mol. The number of anilines is 1. The quantitative estimate of drug-likeness (QED) is 0.748. The summed E-state index contributed by atoms with van der Waals surface area (Å²) in [5.74, 6) is 0.985. The molecule has 5 heteroatoms. The van der Waals surface area contributed by atoms with Crippen molar-refractivity contribution in [2.45, 2.75) is 27.4 Å². The summed E-state index contributed by atoms with van der Waals surface area (Å²) in [4.78, 5) is 12.6. The van der Waals surface area contributed by atoms with Crippen molar-refractivity contribution in [2.75, 3.05) is 5.32 Å². The first-order valence-electron chi connectivity index (χ1n) is 8.05. The summed E-state index contributed by atoms with van der Waals surface area (Å²) in [7, 11) is 0. The highest BCUT2D eigenvalue weighted by molar-refractivity contribution is 6.04. The van der Waals surface area contributed by atoms with Crippen molar-refractivity contribution < 1.29 is 14.1 Å². The van der Waals surface area contributed by atoms with Crippen LogP contribution < -0.4 is 10.1 Å². The van der Waals surface area contributed by atoms with Gasteiger partial charge in [-0.3, -0.25) is 4.79 Å². The summed E-state index contributed by atoms with van der Waals surface area (Å²) >= 11 is 0. The number of nitrogens with zero attached hydrogens (tertiary/aromatic N) is 1. The Morgan fingerprint density at radius 2 is 1.76 bits per heavy atom. The summed E-state index contributed by atoms with van der Waals surface area (Å²) in [6, 6.07) is 15.3. The van der Waals surface area contributed by atoms with E-state index in [0.29, 0.717) is 11.3 Å². The van der Waals surface area contributed by atoms with E-state index < -0.39 is 0 Å². The van der Waals surface area contributed by atoms with Crippen LogP contribution in [0.5, 0.6) is 5.75 Å². The lowest BCUT2D eigenvalue weighted by Gasteiger charge is -2.08. The lowest BCUT2D eigenvalue weighted by molar-refractivity contribution is 0.101. The van der Waals surface area contributed by atoms with Crippen molar-refractivity contribution in [3.05, 3.63) is 76.7 Å². The van der Waals surface area contributed by atoms with Crippen LogP contribution in [0, 0.1) is 20.8 Å². The van der Waals surface area contributed by atoms with Crippen LogP contribution >= 0.6 is 0 Å². The Kier molecular flexibility index (Phi) is 4.84. The molecule has 25 heavy (non-hydrogen) atoms. The average Bonchev–Trinajstić information content (AvgIpc) is 2.94. The molecule has 0 spiro atoms. The molecule has 3 aromatic rings. The maximum absolute atomic E-state index is 12.6. The second kappa shape index (κ2) is 7.21. The average molecular weight is 336 g/mol. The number of nitrogens with one attached hydrogen (secondary N) is 1. The van der Waals surface area contributed by atoms with Gasteiger partial charge in [0.05, 0.1) is 5.56 Å². The van der Waals surface area contributed by atoms with E-state index in [0.717, 1.165) is 22.6 Å². The van der Waals surface area contributed by atoms with E-state index >= 15 is 0 Å². The summed E-state index contributed by atoms with van der Waals surface area (Å²) in [5, 5.41) is 6.78. The summed E-state index contributed by atoms with van der Waals surface area (Å²) in [6.07, 6.45) is 0. The number of carbonyl (C=O) groups is 1. The SMILES string of the molecule is Cc1cc(C)cc(NC(=O)c2noc(C)c2COc2ccccc2)c1. The Balaban J connectivity index is 1.77. The maximum Gasteiger partial charge on any atom is 0.278 e. The Hall–Kier alpha value is -3.08. The van der Waals surface area contributed by atoms with E-state index in [9.17, 15) is 4.79 Å². The fourth-order valence-corrected chi connectivity index (χ4v) is 2.65. The molecule has 1 aromatic heterocycles. The van der Waals surface area contributed by atoms with Crippen molar-refractivity contribution in [1.82, 2.24) is 5.16 Å². The number of carbonyl (C=O) groups excluding carboxylic acids is 1.